The average Bonchev–Trinajstić information content (AvgIpc) is 3.27. The van der Waals surface area contributed by atoms with Gasteiger partial charge in [0.25, 0.3) is 5.91 Å². The number of carbonyl (C=O) groups is 1. The van der Waals surface area contributed by atoms with E-state index in [4.69, 9.17) is 9.47 Å². The van der Waals surface area contributed by atoms with Crippen molar-refractivity contribution in [2.45, 2.75) is 6.17 Å². The Balaban J connectivity index is 1.55. The quantitative estimate of drug-likeness (QED) is 0.661. The second-order valence-corrected chi connectivity index (χ2v) is 7.54. The van der Waals surface area contributed by atoms with Crippen molar-refractivity contribution in [2.24, 2.45) is 0 Å². The molecule has 3 aromatic rings. The third-order valence-corrected chi connectivity index (χ3v) is 5.65. The number of aliphatic hydroxyl groups is 1. The van der Waals surface area contributed by atoms with Crippen LogP contribution in [0.25, 0.3) is 0 Å². The maximum absolute atomic E-state index is 13.5. The molecular formula is C24H23N3O4. The Bertz CT molecular complexity index is 1120. The van der Waals surface area contributed by atoms with Crippen molar-refractivity contribution in [2.75, 3.05) is 42.1 Å². The van der Waals surface area contributed by atoms with E-state index >= 15 is 0 Å². The number of likely N-dealkylation sites (N-methyl/N-ethyl adjacent to an activating group) is 1. The summed E-state index contributed by atoms with van der Waals surface area (Å²) < 4.78 is 11.0. The fourth-order valence-corrected chi connectivity index (χ4v) is 3.98. The van der Waals surface area contributed by atoms with Crippen LogP contribution in [0.5, 0.6) is 11.5 Å². The van der Waals surface area contributed by atoms with Crippen LogP contribution in [0, 0.1) is 0 Å². The molecular weight excluding hydrogens is 394 g/mol. The Morgan fingerprint density at radius 1 is 1.06 bits per heavy atom. The van der Waals surface area contributed by atoms with Crippen LogP contribution in [0.2, 0.25) is 0 Å². The van der Waals surface area contributed by atoms with Gasteiger partial charge in [0.05, 0.1) is 17.9 Å². The van der Waals surface area contributed by atoms with E-state index in [9.17, 15) is 9.90 Å². The average molecular weight is 417 g/mol. The predicted octanol–water partition coefficient (Wildman–Crippen LogP) is 3.61. The number of carbonyl (C=O) groups excluding carboxylic acids is 1. The number of hydrogen-bond acceptors (Lipinski definition) is 6. The first-order valence-corrected chi connectivity index (χ1v) is 10.2. The van der Waals surface area contributed by atoms with Crippen LogP contribution < -0.4 is 24.6 Å². The molecule has 2 aliphatic rings. The zero-order valence-corrected chi connectivity index (χ0v) is 17.1. The molecule has 5 rings (SSSR count). The van der Waals surface area contributed by atoms with Crippen molar-refractivity contribution in [1.29, 1.82) is 0 Å². The van der Waals surface area contributed by atoms with Gasteiger partial charge in [-0.05, 0) is 42.0 Å². The van der Waals surface area contributed by atoms with Crippen molar-refractivity contribution in [3.8, 4) is 11.5 Å². The highest BCUT2D eigenvalue weighted by Crippen LogP contribution is 2.41. The van der Waals surface area contributed by atoms with Crippen molar-refractivity contribution in [3.63, 3.8) is 0 Å². The zero-order chi connectivity index (χ0) is 21.4. The molecule has 31 heavy (non-hydrogen) atoms. The number of hydrogen-bond donors (Lipinski definition) is 2. The normalized spacial score (nSPS) is 16.6. The Labute approximate surface area is 180 Å². The molecule has 2 aliphatic heterocycles. The highest BCUT2D eigenvalue weighted by atomic mass is 16.7. The summed E-state index contributed by atoms with van der Waals surface area (Å²) in [6.07, 6.45) is -0.389. The maximum atomic E-state index is 13.5. The zero-order valence-electron chi connectivity index (χ0n) is 17.1. The topological polar surface area (TPSA) is 74.3 Å². The molecule has 7 heteroatoms. The number of fused-ring (bicyclic) bond motifs is 2. The summed E-state index contributed by atoms with van der Waals surface area (Å²) in [6, 6.07) is 21.1. The SMILES string of the molecule is CN(CCO)c1ccc([C@@H]2Nc3ccccc3C(=O)N2c2ccc3c(c2)OCO3)cc1. The lowest BCUT2D eigenvalue weighted by atomic mass is 10.0. The van der Waals surface area contributed by atoms with Gasteiger partial charge < -0.3 is 24.8 Å². The molecule has 0 unspecified atom stereocenters. The Hall–Kier alpha value is -3.71. The molecule has 0 fully saturated rings. The molecule has 0 radical (unpaired) electrons. The summed E-state index contributed by atoms with van der Waals surface area (Å²) in [5.41, 5.74) is 4.09. The van der Waals surface area contributed by atoms with E-state index in [0.29, 0.717) is 23.6 Å². The Kier molecular flexibility index (Phi) is 4.88. The van der Waals surface area contributed by atoms with Crippen LogP contribution in [0.3, 0.4) is 0 Å². The van der Waals surface area contributed by atoms with Gasteiger partial charge in [-0.3, -0.25) is 9.69 Å². The summed E-state index contributed by atoms with van der Waals surface area (Å²) in [7, 11) is 1.93. The van der Waals surface area contributed by atoms with E-state index in [1.807, 2.05) is 78.7 Å². The molecule has 158 valence electrons. The van der Waals surface area contributed by atoms with E-state index < -0.39 is 0 Å². The van der Waals surface area contributed by atoms with E-state index in [1.165, 1.54) is 0 Å². The lowest BCUT2D eigenvalue weighted by Gasteiger charge is -2.38. The number of rotatable bonds is 5. The van der Waals surface area contributed by atoms with Gasteiger partial charge in [0, 0.05) is 31.0 Å². The molecule has 0 aliphatic carbocycles. The molecule has 7 nitrogen and oxygen atoms in total. The number of nitrogens with one attached hydrogen (secondary N) is 1. The molecule has 2 heterocycles. The number of benzene rings is 3. The lowest BCUT2D eigenvalue weighted by Crippen LogP contribution is -2.43. The molecule has 0 bridgehead atoms. The molecule has 0 saturated carbocycles. The maximum Gasteiger partial charge on any atom is 0.262 e. The van der Waals surface area contributed by atoms with Gasteiger partial charge in [-0.2, -0.15) is 0 Å². The first-order valence-electron chi connectivity index (χ1n) is 10.2. The van der Waals surface area contributed by atoms with E-state index in [0.717, 1.165) is 22.6 Å². The van der Waals surface area contributed by atoms with E-state index in [1.54, 1.807) is 4.90 Å². The first-order chi connectivity index (χ1) is 15.2. The van der Waals surface area contributed by atoms with Gasteiger partial charge in [0.2, 0.25) is 6.79 Å². The Morgan fingerprint density at radius 3 is 2.65 bits per heavy atom. The van der Waals surface area contributed by atoms with Crippen LogP contribution in [0.15, 0.2) is 66.7 Å². The lowest BCUT2D eigenvalue weighted by molar-refractivity contribution is 0.0975. The van der Waals surface area contributed by atoms with Crippen molar-refractivity contribution in [3.05, 3.63) is 77.9 Å². The van der Waals surface area contributed by atoms with Gasteiger partial charge >= 0.3 is 0 Å². The van der Waals surface area contributed by atoms with Crippen molar-refractivity contribution >= 4 is 23.0 Å². The minimum absolute atomic E-state index is 0.0836. The highest BCUT2D eigenvalue weighted by Gasteiger charge is 2.34. The summed E-state index contributed by atoms with van der Waals surface area (Å²) in [5, 5.41) is 12.7. The second kappa shape index (κ2) is 7.85. The number of para-hydroxylation sites is 1. The number of anilines is 3. The molecule has 0 aromatic heterocycles. The summed E-state index contributed by atoms with van der Waals surface area (Å²) >= 11 is 0. The minimum atomic E-state index is -0.389. The molecule has 3 aromatic carbocycles. The molecule has 2 N–H and O–H groups in total. The number of amides is 1. The van der Waals surface area contributed by atoms with E-state index in [2.05, 4.69) is 5.32 Å². The van der Waals surface area contributed by atoms with Crippen LogP contribution in [0.4, 0.5) is 17.1 Å². The first kappa shape index (κ1) is 19.3. The van der Waals surface area contributed by atoms with Gasteiger partial charge in [-0.15, -0.1) is 0 Å². The van der Waals surface area contributed by atoms with E-state index in [-0.39, 0.29) is 25.5 Å². The van der Waals surface area contributed by atoms with Crippen LogP contribution in [0.1, 0.15) is 22.1 Å². The van der Waals surface area contributed by atoms with Crippen LogP contribution >= 0.6 is 0 Å². The highest BCUT2D eigenvalue weighted by molar-refractivity contribution is 6.12. The molecule has 0 saturated heterocycles. The molecule has 1 atom stereocenters. The summed E-state index contributed by atoms with van der Waals surface area (Å²) in [5.74, 6) is 1.22. The van der Waals surface area contributed by atoms with Crippen molar-refractivity contribution in [1.82, 2.24) is 0 Å². The monoisotopic (exact) mass is 417 g/mol. The number of nitrogens with zero attached hydrogens (tertiary/aromatic N) is 2. The van der Waals surface area contributed by atoms with Crippen molar-refractivity contribution < 1.29 is 19.4 Å². The predicted molar refractivity (Wildman–Crippen MR) is 119 cm³/mol. The fraction of sp³-hybridized carbons (Fsp3) is 0.208. The van der Waals surface area contributed by atoms with Crippen LogP contribution in [-0.2, 0) is 0 Å². The number of ether oxygens (including phenoxy) is 2. The summed E-state index contributed by atoms with van der Waals surface area (Å²) in [6.45, 7) is 0.821. The largest absolute Gasteiger partial charge is 0.454 e. The minimum Gasteiger partial charge on any atom is -0.454 e. The smallest absolute Gasteiger partial charge is 0.262 e. The standard InChI is InChI=1S/C24H23N3O4/c1-26(12-13-28)17-8-6-16(7-9-17)23-25-20-5-3-2-4-19(20)24(29)27(23)18-10-11-21-22(14-18)31-15-30-21/h2-11,14,23,25,28H,12-13,15H2,1H3/t23-/m1/s1. The second-order valence-electron chi connectivity index (χ2n) is 7.54. The third kappa shape index (κ3) is 3.43. The molecule has 1 amide bonds. The van der Waals surface area contributed by atoms with Crippen LogP contribution in [-0.4, -0.2) is 38.0 Å². The van der Waals surface area contributed by atoms with Gasteiger partial charge in [0.1, 0.15) is 6.17 Å². The summed E-state index contributed by atoms with van der Waals surface area (Å²) in [4.78, 5) is 17.3. The number of aliphatic hydroxyl groups excluding tert-OH is 1. The Morgan fingerprint density at radius 2 is 1.84 bits per heavy atom. The van der Waals surface area contributed by atoms with Gasteiger partial charge in [0.15, 0.2) is 11.5 Å². The third-order valence-electron chi connectivity index (χ3n) is 5.65. The fourth-order valence-electron chi connectivity index (χ4n) is 3.98. The van der Waals surface area contributed by atoms with Gasteiger partial charge in [-0.25, -0.2) is 0 Å². The van der Waals surface area contributed by atoms with Gasteiger partial charge in [-0.1, -0.05) is 24.3 Å². The molecule has 0 spiro atoms.